The predicted molar refractivity (Wildman–Crippen MR) is 211 cm³/mol. The van der Waals surface area contributed by atoms with E-state index in [0.717, 1.165) is 79.1 Å². The van der Waals surface area contributed by atoms with Gasteiger partial charge in [-0.25, -0.2) is 4.85 Å². The zero-order valence-electron chi connectivity index (χ0n) is 31.4. The number of nitrogens with zero attached hydrogens (tertiary/aromatic N) is 6. The average Bonchev–Trinajstić information content (AvgIpc) is 3.84. The van der Waals surface area contributed by atoms with Crippen molar-refractivity contribution in [3.8, 4) is 0 Å². The van der Waals surface area contributed by atoms with Crippen molar-refractivity contribution in [1.82, 2.24) is 20.0 Å². The fraction of sp³-hybridized carbons (Fsp3) is 0.442. The lowest BCUT2D eigenvalue weighted by Crippen LogP contribution is -2.54. The fourth-order valence-corrected chi connectivity index (χ4v) is 10.3. The molecule has 3 aromatic rings. The normalized spacial score (nSPS) is 23.8. The van der Waals surface area contributed by atoms with E-state index in [9.17, 15) is 24.0 Å². The van der Waals surface area contributed by atoms with Gasteiger partial charge in [-0.15, -0.1) is 0 Å². The number of hydrogen-bond donors (Lipinski definition) is 1. The number of carbonyl (C=O) groups excluding carboxylic acids is 5. The number of fused-ring (bicyclic) bond motifs is 2. The molecule has 1 spiro atoms. The van der Waals surface area contributed by atoms with Gasteiger partial charge in [0.05, 0.1) is 17.7 Å². The minimum atomic E-state index is -0.974. The predicted octanol–water partition coefficient (Wildman–Crippen LogP) is 5.80. The van der Waals surface area contributed by atoms with Gasteiger partial charge in [-0.2, -0.15) is 0 Å². The second-order valence-corrected chi connectivity index (χ2v) is 16.9. The Morgan fingerprint density at radius 3 is 2.11 bits per heavy atom. The second-order valence-electron chi connectivity index (χ2n) is 16.5. The first-order valence-electron chi connectivity index (χ1n) is 19.7. The second kappa shape index (κ2) is 14.0. The first kappa shape index (κ1) is 36.4. The molecule has 13 heteroatoms. The van der Waals surface area contributed by atoms with Crippen LogP contribution in [0.25, 0.3) is 4.85 Å². The number of carbonyl (C=O) groups is 5. The van der Waals surface area contributed by atoms with Crippen molar-refractivity contribution in [1.29, 1.82) is 0 Å². The number of hydrogen-bond acceptors (Lipinski definition) is 8. The molecule has 2 atom stereocenters. The van der Waals surface area contributed by atoms with Crippen molar-refractivity contribution >= 4 is 58.2 Å². The van der Waals surface area contributed by atoms with Crippen molar-refractivity contribution in [3.63, 3.8) is 0 Å². The zero-order valence-corrected chi connectivity index (χ0v) is 32.2. The summed E-state index contributed by atoms with van der Waals surface area (Å²) in [6.45, 7) is 15.1. The van der Waals surface area contributed by atoms with E-state index >= 15 is 0 Å². The van der Waals surface area contributed by atoms with Crippen molar-refractivity contribution in [3.05, 3.63) is 98.9 Å². The number of benzene rings is 3. The highest BCUT2D eigenvalue weighted by Gasteiger charge is 2.46. The minimum Gasteiger partial charge on any atom is -0.371 e. The first-order chi connectivity index (χ1) is 27.0. The molecular weight excluding hydrogens is 730 g/mol. The Morgan fingerprint density at radius 1 is 0.857 bits per heavy atom. The highest BCUT2D eigenvalue weighted by molar-refractivity contribution is 6.33. The molecule has 9 rings (SSSR count). The summed E-state index contributed by atoms with van der Waals surface area (Å²) in [5.41, 5.74) is 6.32. The van der Waals surface area contributed by atoms with Gasteiger partial charge < -0.3 is 14.7 Å². The van der Waals surface area contributed by atoms with Gasteiger partial charge in [-0.1, -0.05) is 17.7 Å². The summed E-state index contributed by atoms with van der Waals surface area (Å²) in [6.07, 6.45) is 5.23. The van der Waals surface area contributed by atoms with Crippen LogP contribution in [-0.4, -0.2) is 95.1 Å². The van der Waals surface area contributed by atoms with Gasteiger partial charge in [-0.05, 0) is 111 Å². The molecule has 6 aliphatic rings. The lowest BCUT2D eigenvalue weighted by molar-refractivity contribution is -0.136. The molecule has 4 saturated heterocycles. The van der Waals surface area contributed by atoms with Crippen LogP contribution in [-0.2, 0) is 22.7 Å². The molecule has 0 aromatic heterocycles. The number of anilines is 2. The summed E-state index contributed by atoms with van der Waals surface area (Å²) in [7, 11) is 0. The number of likely N-dealkylation sites (tertiary alicyclic amines) is 1. The molecular formula is C43H44ClN7O5. The van der Waals surface area contributed by atoms with E-state index in [1.807, 2.05) is 35.2 Å². The molecule has 0 bridgehead atoms. The maximum Gasteiger partial charge on any atom is 0.262 e. The van der Waals surface area contributed by atoms with E-state index in [1.165, 1.54) is 0 Å². The molecule has 0 aliphatic carbocycles. The van der Waals surface area contributed by atoms with Crippen molar-refractivity contribution in [2.45, 2.75) is 83.1 Å². The molecule has 288 valence electrons. The lowest BCUT2D eigenvalue weighted by Gasteiger charge is -2.40. The molecule has 4 fully saturated rings. The summed E-state index contributed by atoms with van der Waals surface area (Å²) < 4.78 is 0. The van der Waals surface area contributed by atoms with Crippen LogP contribution in [0.2, 0.25) is 5.02 Å². The lowest BCUT2D eigenvalue weighted by atomic mass is 9.76. The van der Waals surface area contributed by atoms with Crippen LogP contribution in [0.1, 0.15) is 94.1 Å². The van der Waals surface area contributed by atoms with E-state index in [4.69, 9.17) is 18.2 Å². The van der Waals surface area contributed by atoms with Gasteiger partial charge in [0, 0.05) is 86.3 Å². The summed E-state index contributed by atoms with van der Waals surface area (Å²) in [6, 6.07) is 17.2. The number of rotatable bonds is 5. The van der Waals surface area contributed by atoms with E-state index in [1.54, 1.807) is 12.1 Å². The van der Waals surface area contributed by atoms with Gasteiger partial charge >= 0.3 is 0 Å². The number of nitrogens with one attached hydrogen (secondary N) is 1. The van der Waals surface area contributed by atoms with Crippen LogP contribution in [0, 0.1) is 12.0 Å². The number of halogens is 1. The maximum absolute atomic E-state index is 13.6. The molecule has 2 unspecified atom stereocenters. The number of piperidine rings is 3. The molecule has 12 nitrogen and oxygen atoms in total. The van der Waals surface area contributed by atoms with Gasteiger partial charge in [0.25, 0.3) is 17.7 Å². The average molecular weight is 774 g/mol. The third-order valence-electron chi connectivity index (χ3n) is 13.2. The summed E-state index contributed by atoms with van der Waals surface area (Å²) in [4.78, 5) is 78.1. The third kappa shape index (κ3) is 6.31. The molecule has 0 saturated carbocycles. The molecule has 6 heterocycles. The Hall–Kier alpha value is -5.25. The molecule has 0 radical (unpaired) electrons. The monoisotopic (exact) mass is 773 g/mol. The smallest absolute Gasteiger partial charge is 0.262 e. The topological polar surface area (TPSA) is 118 Å². The summed E-state index contributed by atoms with van der Waals surface area (Å²) in [5.74, 6) is -1.91. The van der Waals surface area contributed by atoms with Crippen LogP contribution < -0.4 is 15.1 Å². The van der Waals surface area contributed by atoms with Crippen LogP contribution in [0.5, 0.6) is 0 Å². The van der Waals surface area contributed by atoms with Crippen molar-refractivity contribution in [2.75, 3.05) is 42.5 Å². The SMILES string of the molecule is [C-]#[N+]c1ccc(N2CC3(CCN(c4ccc(C(=O)N5CCC(N6Cc7cc8c(cc7C6)C(=O)N(C6CCC(=O)NC6=O)C8=O)CC5)cc4)CC3)CC2C)cc1Cl. The van der Waals surface area contributed by atoms with Gasteiger partial charge in [0.1, 0.15) is 6.04 Å². The van der Waals surface area contributed by atoms with E-state index in [-0.39, 0.29) is 30.2 Å². The maximum atomic E-state index is 13.6. The van der Waals surface area contributed by atoms with Gasteiger partial charge in [-0.3, -0.25) is 39.1 Å². The van der Waals surface area contributed by atoms with Crippen LogP contribution in [0.4, 0.5) is 17.1 Å². The molecule has 5 amide bonds. The van der Waals surface area contributed by atoms with E-state index in [0.29, 0.717) is 59.6 Å². The highest BCUT2D eigenvalue weighted by atomic mass is 35.5. The zero-order chi connectivity index (χ0) is 38.9. The number of amides is 5. The number of imide groups is 2. The minimum absolute atomic E-state index is 0.0518. The Kier molecular flexibility index (Phi) is 9.13. The van der Waals surface area contributed by atoms with Crippen LogP contribution in [0.15, 0.2) is 54.6 Å². The van der Waals surface area contributed by atoms with Gasteiger partial charge in [0.15, 0.2) is 0 Å². The van der Waals surface area contributed by atoms with E-state index < -0.39 is 29.7 Å². The standard InChI is InChI=1S/C43H44ClN7O5/c1-26-22-43(25-50(26)32-7-8-36(45-2)35(44)21-32)13-17-47(18-14-43)30-5-3-27(4-6-30)40(54)48-15-11-31(12-16-48)49-23-28-19-33-34(20-29(28)24-49)42(56)51(41(33)55)37-9-10-38(52)46-39(37)53/h3-8,19-21,26,31,37H,9-18,22-25H2,1H3,(H,46,52,53). The summed E-state index contributed by atoms with van der Waals surface area (Å²) >= 11 is 6.38. The van der Waals surface area contributed by atoms with Gasteiger partial charge in [0.2, 0.25) is 17.5 Å². The Labute approximate surface area is 331 Å². The molecule has 56 heavy (non-hydrogen) atoms. The van der Waals surface area contributed by atoms with Crippen LogP contribution >= 0.6 is 11.6 Å². The van der Waals surface area contributed by atoms with Crippen molar-refractivity contribution in [2.24, 2.45) is 5.41 Å². The molecule has 1 N–H and O–H groups in total. The first-order valence-corrected chi connectivity index (χ1v) is 20.1. The molecule has 3 aromatic carbocycles. The Balaban J connectivity index is 0.766. The Bertz CT molecular complexity index is 2160. The highest BCUT2D eigenvalue weighted by Crippen LogP contribution is 2.46. The third-order valence-corrected chi connectivity index (χ3v) is 13.5. The molecule has 6 aliphatic heterocycles. The largest absolute Gasteiger partial charge is 0.371 e. The van der Waals surface area contributed by atoms with E-state index in [2.05, 4.69) is 43.9 Å². The van der Waals surface area contributed by atoms with Crippen molar-refractivity contribution < 1.29 is 24.0 Å². The quantitative estimate of drug-likeness (QED) is 0.256. The Morgan fingerprint density at radius 2 is 1.50 bits per heavy atom. The van der Waals surface area contributed by atoms with Crippen LogP contribution in [0.3, 0.4) is 0 Å². The summed E-state index contributed by atoms with van der Waals surface area (Å²) in [5, 5.41) is 2.75. The fourth-order valence-electron chi connectivity index (χ4n) is 10.1.